The Balaban J connectivity index is 2.62. The van der Waals surface area contributed by atoms with Gasteiger partial charge in [-0.25, -0.2) is 0 Å². The Morgan fingerprint density at radius 3 is 2.39 bits per heavy atom. The van der Waals surface area contributed by atoms with Gasteiger partial charge in [0.25, 0.3) is 5.91 Å². The number of carbonyl (C=O) groups excluding carboxylic acids is 1. The van der Waals surface area contributed by atoms with Gasteiger partial charge in [-0.2, -0.15) is 0 Å². The number of rotatable bonds is 6. The van der Waals surface area contributed by atoms with E-state index < -0.39 is 0 Å². The second-order valence-electron chi connectivity index (χ2n) is 4.67. The number of nitrogens with zero attached hydrogens (tertiary/aromatic N) is 1. The lowest BCUT2D eigenvalue weighted by Gasteiger charge is -2.21. The minimum absolute atomic E-state index is 0.00447. The lowest BCUT2D eigenvalue weighted by Crippen LogP contribution is -2.41. The fourth-order valence-electron chi connectivity index (χ4n) is 1.73. The second kappa shape index (κ2) is 7.54. The van der Waals surface area contributed by atoms with Crippen LogP contribution in [0.3, 0.4) is 0 Å². The summed E-state index contributed by atoms with van der Waals surface area (Å²) < 4.78 is 0. The SMILES string of the molecule is CCC(CN(C)C)NC(=O)c1ccc(CBr)cc1. The van der Waals surface area contributed by atoms with Gasteiger partial charge in [-0.15, -0.1) is 0 Å². The van der Waals surface area contributed by atoms with Crippen molar-refractivity contribution < 1.29 is 4.79 Å². The van der Waals surface area contributed by atoms with Crippen LogP contribution in [0.4, 0.5) is 0 Å². The van der Waals surface area contributed by atoms with Gasteiger partial charge in [0.05, 0.1) is 0 Å². The number of hydrogen-bond donors (Lipinski definition) is 1. The molecule has 0 aliphatic heterocycles. The van der Waals surface area contributed by atoms with Crippen LogP contribution in [0.15, 0.2) is 24.3 Å². The minimum Gasteiger partial charge on any atom is -0.348 e. The zero-order valence-electron chi connectivity index (χ0n) is 11.2. The van der Waals surface area contributed by atoms with Crippen molar-refractivity contribution in [1.29, 1.82) is 0 Å². The summed E-state index contributed by atoms with van der Waals surface area (Å²) in [4.78, 5) is 14.1. The van der Waals surface area contributed by atoms with Crippen LogP contribution in [0.1, 0.15) is 29.3 Å². The van der Waals surface area contributed by atoms with Crippen LogP contribution in [0.25, 0.3) is 0 Å². The van der Waals surface area contributed by atoms with Crippen molar-refractivity contribution in [1.82, 2.24) is 10.2 Å². The van der Waals surface area contributed by atoms with Crippen molar-refractivity contribution in [3.05, 3.63) is 35.4 Å². The number of halogens is 1. The molecule has 1 N–H and O–H groups in total. The van der Waals surface area contributed by atoms with Gasteiger partial charge in [-0.3, -0.25) is 4.79 Å². The van der Waals surface area contributed by atoms with E-state index in [1.165, 1.54) is 5.56 Å². The molecule has 0 saturated carbocycles. The van der Waals surface area contributed by atoms with Crippen molar-refractivity contribution in [3.63, 3.8) is 0 Å². The van der Waals surface area contributed by atoms with Gasteiger partial charge in [0, 0.05) is 23.5 Å². The highest BCUT2D eigenvalue weighted by molar-refractivity contribution is 9.08. The summed E-state index contributed by atoms with van der Waals surface area (Å²) in [5, 5.41) is 3.87. The van der Waals surface area contributed by atoms with E-state index in [1.807, 2.05) is 38.4 Å². The second-order valence-corrected chi connectivity index (χ2v) is 5.23. The summed E-state index contributed by atoms with van der Waals surface area (Å²) in [7, 11) is 4.03. The van der Waals surface area contributed by atoms with Crippen molar-refractivity contribution in [2.24, 2.45) is 0 Å². The Morgan fingerprint density at radius 2 is 1.94 bits per heavy atom. The smallest absolute Gasteiger partial charge is 0.251 e. The van der Waals surface area contributed by atoms with Crippen molar-refractivity contribution in [2.75, 3.05) is 20.6 Å². The molecule has 18 heavy (non-hydrogen) atoms. The highest BCUT2D eigenvalue weighted by Gasteiger charge is 2.12. The molecule has 0 heterocycles. The average Bonchev–Trinajstić information content (AvgIpc) is 2.37. The monoisotopic (exact) mass is 312 g/mol. The molecule has 0 aliphatic carbocycles. The quantitative estimate of drug-likeness (QED) is 0.819. The molecular formula is C14H21BrN2O. The maximum Gasteiger partial charge on any atom is 0.251 e. The lowest BCUT2D eigenvalue weighted by molar-refractivity contribution is 0.0929. The van der Waals surface area contributed by atoms with E-state index in [9.17, 15) is 4.79 Å². The molecule has 0 radical (unpaired) electrons. The number of alkyl halides is 1. The highest BCUT2D eigenvalue weighted by Crippen LogP contribution is 2.08. The Bertz CT molecular complexity index is 376. The van der Waals surface area contributed by atoms with E-state index in [4.69, 9.17) is 0 Å². The molecule has 1 unspecified atom stereocenters. The molecule has 0 aliphatic rings. The average molecular weight is 313 g/mol. The summed E-state index contributed by atoms with van der Waals surface area (Å²) in [6.45, 7) is 2.95. The first-order valence-electron chi connectivity index (χ1n) is 6.17. The fraction of sp³-hybridized carbons (Fsp3) is 0.500. The van der Waals surface area contributed by atoms with Gasteiger partial charge < -0.3 is 10.2 Å². The van der Waals surface area contributed by atoms with Crippen LogP contribution >= 0.6 is 15.9 Å². The van der Waals surface area contributed by atoms with Crippen molar-refractivity contribution in [2.45, 2.75) is 24.7 Å². The first kappa shape index (κ1) is 15.2. The fourth-order valence-corrected chi connectivity index (χ4v) is 2.11. The number of carbonyl (C=O) groups is 1. The van der Waals surface area contributed by atoms with Crippen LogP contribution in [-0.2, 0) is 5.33 Å². The summed E-state index contributed by atoms with van der Waals surface area (Å²) in [5.74, 6) is 0.00447. The van der Waals surface area contributed by atoms with Crippen LogP contribution in [0.2, 0.25) is 0 Å². The Hall–Kier alpha value is -0.870. The molecule has 1 aromatic carbocycles. The summed E-state index contributed by atoms with van der Waals surface area (Å²) >= 11 is 3.39. The molecule has 0 bridgehead atoms. The number of nitrogens with one attached hydrogen (secondary N) is 1. The largest absolute Gasteiger partial charge is 0.348 e. The minimum atomic E-state index is 0.00447. The molecule has 100 valence electrons. The van der Waals surface area contributed by atoms with Crippen molar-refractivity contribution in [3.8, 4) is 0 Å². The van der Waals surface area contributed by atoms with Crippen LogP contribution in [-0.4, -0.2) is 37.5 Å². The van der Waals surface area contributed by atoms with E-state index in [2.05, 4.69) is 33.1 Å². The zero-order valence-corrected chi connectivity index (χ0v) is 12.8. The van der Waals surface area contributed by atoms with Gasteiger partial charge in [0.2, 0.25) is 0 Å². The molecule has 0 fully saturated rings. The first-order valence-corrected chi connectivity index (χ1v) is 7.29. The molecule has 0 saturated heterocycles. The van der Waals surface area contributed by atoms with E-state index >= 15 is 0 Å². The number of benzene rings is 1. The van der Waals surface area contributed by atoms with E-state index in [0.29, 0.717) is 0 Å². The molecule has 3 nitrogen and oxygen atoms in total. The predicted molar refractivity (Wildman–Crippen MR) is 79.2 cm³/mol. The topological polar surface area (TPSA) is 32.3 Å². The predicted octanol–water partition coefficient (Wildman–Crippen LogP) is 2.65. The standard InChI is InChI=1S/C14H21BrN2O/c1-4-13(10-17(2)3)16-14(18)12-7-5-11(9-15)6-8-12/h5-8,13H,4,9-10H2,1-3H3,(H,16,18). The van der Waals surface area contributed by atoms with Crippen LogP contribution in [0, 0.1) is 0 Å². The molecule has 1 amide bonds. The third-order valence-corrected chi connectivity index (χ3v) is 3.43. The van der Waals surface area contributed by atoms with Gasteiger partial charge in [-0.05, 0) is 38.2 Å². The van der Waals surface area contributed by atoms with Crippen LogP contribution < -0.4 is 5.32 Å². The molecule has 1 rings (SSSR count). The molecule has 0 spiro atoms. The molecule has 1 aromatic rings. The Labute approximate surface area is 118 Å². The maximum absolute atomic E-state index is 12.1. The summed E-state index contributed by atoms with van der Waals surface area (Å²) in [5.41, 5.74) is 1.89. The first-order chi connectivity index (χ1) is 8.56. The third kappa shape index (κ3) is 4.78. The molecule has 4 heteroatoms. The number of likely N-dealkylation sites (N-methyl/N-ethyl adjacent to an activating group) is 1. The zero-order chi connectivity index (χ0) is 13.5. The lowest BCUT2D eigenvalue weighted by atomic mass is 10.1. The Kier molecular flexibility index (Phi) is 6.36. The molecule has 0 aromatic heterocycles. The number of amides is 1. The van der Waals surface area contributed by atoms with Gasteiger partial charge in [0.1, 0.15) is 0 Å². The number of hydrogen-bond acceptors (Lipinski definition) is 2. The summed E-state index contributed by atoms with van der Waals surface area (Å²) in [6, 6.07) is 7.87. The van der Waals surface area contributed by atoms with E-state index in [-0.39, 0.29) is 11.9 Å². The van der Waals surface area contributed by atoms with Gasteiger partial charge in [0.15, 0.2) is 0 Å². The van der Waals surface area contributed by atoms with E-state index in [1.54, 1.807) is 0 Å². The maximum atomic E-state index is 12.1. The Morgan fingerprint density at radius 1 is 1.33 bits per heavy atom. The van der Waals surface area contributed by atoms with Crippen molar-refractivity contribution >= 4 is 21.8 Å². The summed E-state index contributed by atoms with van der Waals surface area (Å²) in [6.07, 6.45) is 0.934. The third-order valence-electron chi connectivity index (χ3n) is 2.78. The molecule has 1 atom stereocenters. The van der Waals surface area contributed by atoms with Gasteiger partial charge >= 0.3 is 0 Å². The molecular weight excluding hydrogens is 292 g/mol. The van der Waals surface area contributed by atoms with Gasteiger partial charge in [-0.1, -0.05) is 35.0 Å². The van der Waals surface area contributed by atoms with Crippen LogP contribution in [0.5, 0.6) is 0 Å². The highest BCUT2D eigenvalue weighted by atomic mass is 79.9. The van der Waals surface area contributed by atoms with E-state index in [0.717, 1.165) is 23.9 Å². The normalized spacial score (nSPS) is 12.5.